The molecule has 1 saturated heterocycles. The molecule has 1 aliphatic carbocycles. The van der Waals surface area contributed by atoms with Gasteiger partial charge in [-0.15, -0.1) is 0 Å². The molecule has 0 unspecified atom stereocenters. The standard InChI is InChI=1S/C20H29N3O2/c1-15(17-10-6-3-7-11-17)21-20(25)23-13-18(22-19(24)14-23)12-16-8-4-2-5-9-16/h2,4-5,8-9,15,17-18H,3,6-7,10-14H2,1H3,(H,21,25)(H,22,24)/t15-,18-/m0/s1. The van der Waals surface area contributed by atoms with Gasteiger partial charge in [-0.3, -0.25) is 4.79 Å². The minimum Gasteiger partial charge on any atom is -0.350 e. The van der Waals surface area contributed by atoms with Crippen LogP contribution in [0.5, 0.6) is 0 Å². The van der Waals surface area contributed by atoms with Crippen LogP contribution in [0.2, 0.25) is 0 Å². The molecule has 1 aromatic rings. The van der Waals surface area contributed by atoms with Crippen molar-refractivity contribution in [3.63, 3.8) is 0 Å². The van der Waals surface area contributed by atoms with Gasteiger partial charge < -0.3 is 15.5 Å². The minimum absolute atomic E-state index is 0.0283. The maximum absolute atomic E-state index is 12.6. The fraction of sp³-hybridized carbons (Fsp3) is 0.600. The number of amides is 3. The van der Waals surface area contributed by atoms with E-state index in [1.165, 1.54) is 37.7 Å². The molecule has 2 aliphatic rings. The van der Waals surface area contributed by atoms with Crippen molar-refractivity contribution >= 4 is 11.9 Å². The summed E-state index contributed by atoms with van der Waals surface area (Å²) in [6, 6.07) is 10.1. The average Bonchev–Trinajstić information content (AvgIpc) is 2.62. The Kier molecular flexibility index (Phi) is 5.95. The summed E-state index contributed by atoms with van der Waals surface area (Å²) in [6.45, 7) is 2.80. The van der Waals surface area contributed by atoms with Gasteiger partial charge in [-0.1, -0.05) is 49.6 Å². The van der Waals surface area contributed by atoms with Gasteiger partial charge in [0.05, 0.1) is 6.04 Å². The van der Waals surface area contributed by atoms with Crippen molar-refractivity contribution in [3.05, 3.63) is 35.9 Å². The molecule has 136 valence electrons. The van der Waals surface area contributed by atoms with Gasteiger partial charge in [0.25, 0.3) is 0 Å². The second kappa shape index (κ2) is 8.37. The van der Waals surface area contributed by atoms with Crippen molar-refractivity contribution in [3.8, 4) is 0 Å². The maximum Gasteiger partial charge on any atom is 0.318 e. The van der Waals surface area contributed by atoms with E-state index in [2.05, 4.69) is 29.7 Å². The van der Waals surface area contributed by atoms with Crippen molar-refractivity contribution in [2.45, 2.75) is 57.5 Å². The van der Waals surface area contributed by atoms with Gasteiger partial charge >= 0.3 is 6.03 Å². The molecule has 2 N–H and O–H groups in total. The maximum atomic E-state index is 12.6. The zero-order chi connectivity index (χ0) is 17.6. The third-order valence-corrected chi connectivity index (χ3v) is 5.46. The molecule has 1 aromatic carbocycles. The summed E-state index contributed by atoms with van der Waals surface area (Å²) in [7, 11) is 0. The molecule has 0 spiro atoms. The van der Waals surface area contributed by atoms with E-state index in [-0.39, 0.29) is 30.6 Å². The number of piperazine rings is 1. The van der Waals surface area contributed by atoms with Crippen LogP contribution in [0.15, 0.2) is 30.3 Å². The van der Waals surface area contributed by atoms with Gasteiger partial charge in [0, 0.05) is 12.6 Å². The van der Waals surface area contributed by atoms with Crippen molar-refractivity contribution in [2.24, 2.45) is 5.92 Å². The Hall–Kier alpha value is -2.04. The summed E-state index contributed by atoms with van der Waals surface area (Å²) < 4.78 is 0. The highest BCUT2D eigenvalue weighted by Crippen LogP contribution is 2.26. The first-order valence-corrected chi connectivity index (χ1v) is 9.50. The molecule has 1 saturated carbocycles. The van der Waals surface area contributed by atoms with E-state index in [1.54, 1.807) is 4.90 Å². The molecule has 0 radical (unpaired) electrons. The summed E-state index contributed by atoms with van der Waals surface area (Å²) in [5.74, 6) is 0.490. The Morgan fingerprint density at radius 3 is 2.68 bits per heavy atom. The monoisotopic (exact) mass is 343 g/mol. The molecule has 2 fully saturated rings. The van der Waals surface area contributed by atoms with Gasteiger partial charge in [0.2, 0.25) is 5.91 Å². The molecule has 0 bridgehead atoms. The van der Waals surface area contributed by atoms with Crippen LogP contribution >= 0.6 is 0 Å². The molecule has 3 amide bonds. The van der Waals surface area contributed by atoms with Crippen LogP contribution in [0.1, 0.15) is 44.6 Å². The number of carbonyl (C=O) groups is 2. The third kappa shape index (κ3) is 4.97. The number of hydrogen-bond donors (Lipinski definition) is 2. The van der Waals surface area contributed by atoms with Gasteiger partial charge in [0.1, 0.15) is 6.54 Å². The minimum atomic E-state index is -0.106. The van der Waals surface area contributed by atoms with Crippen LogP contribution in [0, 0.1) is 5.92 Å². The highest BCUT2D eigenvalue weighted by atomic mass is 16.2. The van der Waals surface area contributed by atoms with Crippen molar-refractivity contribution in [1.82, 2.24) is 15.5 Å². The predicted octanol–water partition coefficient (Wildman–Crippen LogP) is 2.71. The molecule has 2 atom stereocenters. The lowest BCUT2D eigenvalue weighted by molar-refractivity contribution is -0.124. The first-order chi connectivity index (χ1) is 12.1. The molecule has 1 heterocycles. The Labute approximate surface area is 150 Å². The largest absolute Gasteiger partial charge is 0.350 e. The average molecular weight is 343 g/mol. The highest BCUT2D eigenvalue weighted by Gasteiger charge is 2.30. The number of nitrogens with one attached hydrogen (secondary N) is 2. The lowest BCUT2D eigenvalue weighted by Gasteiger charge is -2.35. The van der Waals surface area contributed by atoms with E-state index in [0.29, 0.717) is 12.5 Å². The number of benzene rings is 1. The normalized spacial score (nSPS) is 23.0. The first kappa shape index (κ1) is 17.8. The second-order valence-electron chi connectivity index (χ2n) is 7.47. The fourth-order valence-electron chi connectivity index (χ4n) is 4.03. The van der Waals surface area contributed by atoms with Gasteiger partial charge in [-0.25, -0.2) is 4.79 Å². The van der Waals surface area contributed by atoms with E-state index in [1.807, 2.05) is 18.2 Å². The Morgan fingerprint density at radius 2 is 1.96 bits per heavy atom. The van der Waals surface area contributed by atoms with E-state index in [4.69, 9.17) is 0 Å². The van der Waals surface area contributed by atoms with Crippen LogP contribution in [-0.4, -0.2) is 42.0 Å². The second-order valence-corrected chi connectivity index (χ2v) is 7.47. The number of carbonyl (C=O) groups excluding carboxylic acids is 2. The summed E-state index contributed by atoms with van der Waals surface area (Å²) in [6.07, 6.45) is 6.96. The topological polar surface area (TPSA) is 61.4 Å². The van der Waals surface area contributed by atoms with Crippen LogP contribution in [0.4, 0.5) is 4.79 Å². The van der Waals surface area contributed by atoms with Gasteiger partial charge in [0.15, 0.2) is 0 Å². The predicted molar refractivity (Wildman–Crippen MR) is 98.2 cm³/mol. The van der Waals surface area contributed by atoms with Crippen molar-refractivity contribution in [2.75, 3.05) is 13.1 Å². The summed E-state index contributed by atoms with van der Waals surface area (Å²) in [5, 5.41) is 6.14. The summed E-state index contributed by atoms with van der Waals surface area (Å²) in [4.78, 5) is 26.3. The molecule has 25 heavy (non-hydrogen) atoms. The summed E-state index contributed by atoms with van der Waals surface area (Å²) >= 11 is 0. The third-order valence-electron chi connectivity index (χ3n) is 5.46. The van der Waals surface area contributed by atoms with Crippen LogP contribution in [-0.2, 0) is 11.2 Å². The number of rotatable bonds is 4. The molecule has 1 aliphatic heterocycles. The number of hydrogen-bond acceptors (Lipinski definition) is 2. The quantitative estimate of drug-likeness (QED) is 0.883. The molecular weight excluding hydrogens is 314 g/mol. The molecular formula is C20H29N3O2. The van der Waals surface area contributed by atoms with E-state index >= 15 is 0 Å². The molecule has 3 rings (SSSR count). The van der Waals surface area contributed by atoms with Gasteiger partial charge in [-0.2, -0.15) is 0 Å². The van der Waals surface area contributed by atoms with Crippen LogP contribution in [0.25, 0.3) is 0 Å². The summed E-state index contributed by atoms with van der Waals surface area (Å²) in [5.41, 5.74) is 1.17. The van der Waals surface area contributed by atoms with Gasteiger partial charge in [-0.05, 0) is 37.7 Å². The lowest BCUT2D eigenvalue weighted by atomic mass is 9.84. The van der Waals surface area contributed by atoms with Crippen molar-refractivity contribution in [1.29, 1.82) is 0 Å². The number of urea groups is 1. The van der Waals surface area contributed by atoms with Crippen molar-refractivity contribution < 1.29 is 9.59 Å². The SMILES string of the molecule is C[C@H](NC(=O)N1CC(=O)N[C@@H](Cc2ccccc2)C1)C1CCCCC1. The van der Waals surface area contributed by atoms with E-state index in [9.17, 15) is 9.59 Å². The highest BCUT2D eigenvalue weighted by molar-refractivity contribution is 5.85. The smallest absolute Gasteiger partial charge is 0.318 e. The van der Waals surface area contributed by atoms with E-state index in [0.717, 1.165) is 6.42 Å². The van der Waals surface area contributed by atoms with E-state index < -0.39 is 0 Å². The van der Waals surface area contributed by atoms with Crippen LogP contribution in [0.3, 0.4) is 0 Å². The molecule has 5 heteroatoms. The molecule has 0 aromatic heterocycles. The zero-order valence-corrected chi connectivity index (χ0v) is 15.0. The Morgan fingerprint density at radius 1 is 1.24 bits per heavy atom. The fourth-order valence-corrected chi connectivity index (χ4v) is 4.03. The lowest BCUT2D eigenvalue weighted by Crippen LogP contribution is -2.59. The van der Waals surface area contributed by atoms with Crippen LogP contribution < -0.4 is 10.6 Å². The Bertz CT molecular complexity index is 584. The Balaban J connectivity index is 1.55. The first-order valence-electron chi connectivity index (χ1n) is 9.50. The number of nitrogens with zero attached hydrogens (tertiary/aromatic N) is 1. The molecule has 5 nitrogen and oxygen atoms in total. The zero-order valence-electron chi connectivity index (χ0n) is 15.0.